The molecule has 16 nitrogen and oxygen atoms in total. The van der Waals surface area contributed by atoms with Gasteiger partial charge in [-0.25, -0.2) is 0 Å². The van der Waals surface area contributed by atoms with Crippen LogP contribution in [0.25, 0.3) is 0 Å². The van der Waals surface area contributed by atoms with Crippen LogP contribution in [-0.2, 0) is 38.4 Å². The van der Waals surface area contributed by atoms with Crippen LogP contribution in [0.5, 0.6) is 0 Å². The van der Waals surface area contributed by atoms with Gasteiger partial charge in [-0.1, -0.05) is 121 Å². The maximum atomic E-state index is 13.3. The quantitative estimate of drug-likeness (QED) is 0.0558. The van der Waals surface area contributed by atoms with E-state index in [4.69, 9.17) is 23.2 Å². The highest BCUT2D eigenvalue weighted by Crippen LogP contribution is 2.31. The molecule has 0 saturated heterocycles. The van der Waals surface area contributed by atoms with E-state index in [-0.39, 0.29) is 53.7 Å². The maximum absolute atomic E-state index is 13.3. The molecule has 432 valence electrons. The molecule has 0 fully saturated rings. The summed E-state index contributed by atoms with van der Waals surface area (Å²) in [5.41, 5.74) is 2.72. The molecule has 4 aromatic rings. The van der Waals surface area contributed by atoms with Crippen molar-refractivity contribution in [3.05, 3.63) is 144 Å². The average molecular weight is 1130 g/mol. The predicted molar refractivity (Wildman–Crippen MR) is 314 cm³/mol. The molecule has 0 spiro atoms. The van der Waals surface area contributed by atoms with Gasteiger partial charge in [-0.3, -0.25) is 38.4 Å². The van der Waals surface area contributed by atoms with Crippen molar-refractivity contribution in [2.45, 2.75) is 183 Å². The first-order chi connectivity index (χ1) is 37.1. The zero-order valence-corrected chi connectivity index (χ0v) is 50.5. The summed E-state index contributed by atoms with van der Waals surface area (Å²) in [5, 5.41) is 11.7. The highest BCUT2D eigenvalue weighted by atomic mass is 35.5. The number of nitrogens with one attached hydrogen (secondary N) is 4. The number of nitrogens with zero attached hydrogens (tertiary/aromatic N) is 4. The van der Waals surface area contributed by atoms with Crippen molar-refractivity contribution in [2.75, 3.05) is 5.34 Å². The lowest BCUT2D eigenvalue weighted by molar-refractivity contribution is -0.149. The second-order valence-electron chi connectivity index (χ2n) is 21.1. The number of halogens is 2. The Balaban J connectivity index is 0.000000514. The van der Waals surface area contributed by atoms with Gasteiger partial charge in [-0.2, -0.15) is 0 Å². The topological polar surface area (TPSA) is 198 Å². The molecule has 4 rings (SSSR count). The Kier molecular flexibility index (Phi) is 29.1. The number of alkyl halides is 2. The second kappa shape index (κ2) is 33.6. The highest BCUT2D eigenvalue weighted by Gasteiger charge is 2.38. The van der Waals surface area contributed by atoms with Crippen molar-refractivity contribution in [1.82, 2.24) is 40.9 Å². The van der Waals surface area contributed by atoms with Crippen LogP contribution >= 0.6 is 23.2 Å². The van der Waals surface area contributed by atoms with Crippen LogP contribution in [-0.4, -0.2) is 121 Å². The fraction of sp³-hybridized carbons (Fsp3) is 0.475. The molecule has 0 saturated carbocycles. The van der Waals surface area contributed by atoms with Crippen molar-refractivity contribution >= 4 is 70.5 Å². The van der Waals surface area contributed by atoms with E-state index in [2.05, 4.69) is 21.3 Å². The molecule has 0 aromatic heterocycles. The summed E-state index contributed by atoms with van der Waals surface area (Å²) >= 11 is 9.53. The van der Waals surface area contributed by atoms with E-state index >= 15 is 0 Å². The fourth-order valence-corrected chi connectivity index (χ4v) is 9.62. The van der Waals surface area contributed by atoms with E-state index in [1.165, 1.54) is 19.6 Å². The van der Waals surface area contributed by atoms with Gasteiger partial charge in [0.2, 0.25) is 0 Å². The SMILES string of the molecule is CC(C)N(C(=O)C(=O)N[C@H](c1ccccc1)[C@H](NC(=O)C(=O)N(C(C)C)C(C)C)c1ccccc1)C(C)C.CC(C)N(C(=O)C(=O)N[C@H](c1ccccc1)[C@H](NC(=O)C(=O)N(C(C)C)C(C)C)c1ccccc1)C(C)C.ClCCl. The number of hydrogen-bond acceptors (Lipinski definition) is 8. The molecule has 0 aliphatic rings. The lowest BCUT2D eigenvalue weighted by atomic mass is 9.93. The fourth-order valence-electron chi connectivity index (χ4n) is 9.62. The number of amides is 8. The van der Waals surface area contributed by atoms with Crippen molar-refractivity contribution in [2.24, 2.45) is 0 Å². The van der Waals surface area contributed by atoms with Gasteiger partial charge in [0.15, 0.2) is 0 Å². The standard InChI is InChI=1S/2C30H42N4O4.CH2Cl2/c2*1-19(2)33(20(3)4)29(37)27(35)31-25(23-15-11-9-12-16-23)26(24-17-13-10-14-18-24)32-28(36)30(38)34(21(5)6)22(7)8;2-1-3/h2*9-22,25-26H,1-8H3,(H,31,35)(H,32,36);1H2/t2*25-,26-;/m11./s1. The van der Waals surface area contributed by atoms with Gasteiger partial charge < -0.3 is 40.9 Å². The Hall–Kier alpha value is -6.78. The van der Waals surface area contributed by atoms with Crippen molar-refractivity contribution in [3.8, 4) is 0 Å². The molecule has 8 amide bonds. The summed E-state index contributed by atoms with van der Waals surface area (Å²) in [6.45, 7) is 29.7. The summed E-state index contributed by atoms with van der Waals surface area (Å²) in [5.74, 6) is -5.76. The van der Waals surface area contributed by atoms with Crippen LogP contribution in [0.4, 0.5) is 0 Å². The minimum Gasteiger partial charge on any atom is -0.339 e. The zero-order valence-electron chi connectivity index (χ0n) is 49.0. The number of hydrogen-bond donors (Lipinski definition) is 4. The zero-order chi connectivity index (χ0) is 59.8. The first kappa shape index (κ1) is 68.3. The molecule has 18 heteroatoms. The third-order valence-corrected chi connectivity index (χ3v) is 12.6. The monoisotopic (exact) mass is 1130 g/mol. The van der Waals surface area contributed by atoms with Gasteiger partial charge in [0.1, 0.15) is 0 Å². The van der Waals surface area contributed by atoms with Crippen molar-refractivity contribution in [1.29, 1.82) is 0 Å². The molecule has 0 unspecified atom stereocenters. The third kappa shape index (κ3) is 20.4. The van der Waals surface area contributed by atoms with E-state index in [9.17, 15) is 38.4 Å². The van der Waals surface area contributed by atoms with Gasteiger partial charge in [-0.15, -0.1) is 23.2 Å². The first-order valence-electron chi connectivity index (χ1n) is 27.0. The Bertz CT molecular complexity index is 2170. The molecular weight excluding hydrogens is 1040 g/mol. The van der Waals surface area contributed by atoms with Crippen LogP contribution < -0.4 is 21.3 Å². The molecule has 0 aliphatic carbocycles. The Morgan fingerprint density at radius 1 is 0.291 bits per heavy atom. The van der Waals surface area contributed by atoms with Crippen molar-refractivity contribution in [3.63, 3.8) is 0 Å². The van der Waals surface area contributed by atoms with Gasteiger partial charge >= 0.3 is 47.3 Å². The summed E-state index contributed by atoms with van der Waals surface area (Å²) in [7, 11) is 0. The van der Waals surface area contributed by atoms with Crippen LogP contribution in [0, 0.1) is 0 Å². The predicted octanol–water partition coefficient (Wildman–Crippen LogP) is 9.41. The second-order valence-corrected chi connectivity index (χ2v) is 22.0. The van der Waals surface area contributed by atoms with Gasteiger partial charge in [0.25, 0.3) is 0 Å². The molecule has 0 aliphatic heterocycles. The third-order valence-electron chi connectivity index (χ3n) is 12.6. The first-order valence-corrected chi connectivity index (χ1v) is 28.1. The van der Waals surface area contributed by atoms with Crippen LogP contribution in [0.3, 0.4) is 0 Å². The van der Waals surface area contributed by atoms with Crippen molar-refractivity contribution < 1.29 is 38.4 Å². The highest BCUT2D eigenvalue weighted by molar-refractivity contribution is 6.40. The largest absolute Gasteiger partial charge is 0.339 e. The summed E-state index contributed by atoms with van der Waals surface area (Å²) in [6.07, 6.45) is 0. The molecule has 0 bridgehead atoms. The van der Waals surface area contributed by atoms with E-state index in [0.29, 0.717) is 22.3 Å². The Morgan fingerprint density at radius 2 is 0.418 bits per heavy atom. The van der Waals surface area contributed by atoms with Crippen LogP contribution in [0.2, 0.25) is 0 Å². The number of carbonyl (C=O) groups excluding carboxylic acids is 8. The lowest BCUT2D eigenvalue weighted by Crippen LogP contribution is -2.53. The van der Waals surface area contributed by atoms with Gasteiger partial charge in [0, 0.05) is 48.3 Å². The maximum Gasteiger partial charge on any atom is 0.312 e. The molecule has 4 N–H and O–H groups in total. The van der Waals surface area contributed by atoms with E-state index in [1.807, 2.05) is 232 Å². The Morgan fingerprint density at radius 3 is 0.532 bits per heavy atom. The summed E-state index contributed by atoms with van der Waals surface area (Å²) in [4.78, 5) is 112. The lowest BCUT2D eigenvalue weighted by Gasteiger charge is -2.34. The minimum absolute atomic E-state index is 0.177. The average Bonchev–Trinajstić information content (AvgIpc) is 3.38. The number of benzene rings is 4. The van der Waals surface area contributed by atoms with Gasteiger partial charge in [-0.05, 0) is 133 Å². The molecular formula is C61H86Cl2N8O8. The van der Waals surface area contributed by atoms with E-state index in [1.54, 1.807) is 0 Å². The molecule has 4 aromatic carbocycles. The van der Waals surface area contributed by atoms with Gasteiger partial charge in [0.05, 0.1) is 29.5 Å². The smallest absolute Gasteiger partial charge is 0.312 e. The molecule has 0 heterocycles. The molecule has 79 heavy (non-hydrogen) atoms. The van der Waals surface area contributed by atoms with E-state index in [0.717, 1.165) is 0 Å². The number of rotatable bonds is 18. The van der Waals surface area contributed by atoms with Crippen LogP contribution in [0.1, 0.15) is 157 Å². The minimum atomic E-state index is -0.820. The summed E-state index contributed by atoms with van der Waals surface area (Å²) < 4.78 is 0. The number of carbonyl (C=O) groups is 8. The Labute approximate surface area is 479 Å². The molecule has 4 atom stereocenters. The normalized spacial score (nSPS) is 12.6. The van der Waals surface area contributed by atoms with Crippen LogP contribution in [0.15, 0.2) is 121 Å². The van der Waals surface area contributed by atoms with E-state index < -0.39 is 71.4 Å². The molecule has 0 radical (unpaired) electrons. The summed E-state index contributed by atoms with van der Waals surface area (Å²) in [6, 6.07) is 31.8.